The molecule has 1 aromatic carbocycles. The lowest BCUT2D eigenvalue weighted by molar-refractivity contribution is 0.594. The summed E-state index contributed by atoms with van der Waals surface area (Å²) in [7, 11) is -3.50. The first-order valence-electron chi connectivity index (χ1n) is 7.03. The Labute approximate surface area is 133 Å². The van der Waals surface area contributed by atoms with Crippen molar-refractivity contribution >= 4 is 38.1 Å². The Bertz CT molecular complexity index is 963. The van der Waals surface area contributed by atoms with Gasteiger partial charge >= 0.3 is 0 Å². The number of sulfonamides is 1. The van der Waals surface area contributed by atoms with E-state index in [0.717, 1.165) is 22.0 Å². The first-order valence-corrected chi connectivity index (χ1v) is 9.35. The van der Waals surface area contributed by atoms with Gasteiger partial charge in [0.15, 0.2) is 0 Å². The van der Waals surface area contributed by atoms with Crippen LogP contribution in [0.5, 0.6) is 0 Å². The number of thiophene rings is 1. The fourth-order valence-electron chi connectivity index (χ4n) is 2.86. The van der Waals surface area contributed by atoms with E-state index < -0.39 is 10.0 Å². The summed E-state index contributed by atoms with van der Waals surface area (Å²) >= 11 is 1.24. The monoisotopic (exact) mass is 330 g/mol. The number of hydrogen-bond donors (Lipinski definition) is 0. The standard InChI is InChI=1S/C16H14N2O2S2/c1-11-4-2-5-12-10-13-7-8-18(16(13)17-15(11)12)22(19,20)14-6-3-9-21-14/h2-6,9-10H,7-8H2,1H3. The molecule has 0 aliphatic carbocycles. The van der Waals surface area contributed by atoms with E-state index in [0.29, 0.717) is 23.0 Å². The van der Waals surface area contributed by atoms with Crippen LogP contribution in [0.1, 0.15) is 11.1 Å². The Kier molecular flexibility index (Phi) is 2.99. The van der Waals surface area contributed by atoms with Crippen LogP contribution in [0.2, 0.25) is 0 Å². The lowest BCUT2D eigenvalue weighted by atomic mass is 10.1. The fraction of sp³-hybridized carbons (Fsp3) is 0.188. The van der Waals surface area contributed by atoms with Gasteiger partial charge in [-0.25, -0.2) is 17.7 Å². The third-order valence-electron chi connectivity index (χ3n) is 3.96. The molecule has 4 nitrogen and oxygen atoms in total. The minimum Gasteiger partial charge on any atom is -0.249 e. The molecule has 0 radical (unpaired) electrons. The van der Waals surface area contributed by atoms with Gasteiger partial charge in [-0.2, -0.15) is 0 Å². The van der Waals surface area contributed by atoms with Gasteiger partial charge in [-0.05, 0) is 42.0 Å². The molecule has 22 heavy (non-hydrogen) atoms. The number of benzene rings is 1. The van der Waals surface area contributed by atoms with E-state index in [2.05, 4.69) is 11.1 Å². The van der Waals surface area contributed by atoms with E-state index in [1.165, 1.54) is 15.6 Å². The van der Waals surface area contributed by atoms with Crippen molar-refractivity contribution in [2.24, 2.45) is 0 Å². The van der Waals surface area contributed by atoms with E-state index in [9.17, 15) is 8.42 Å². The van der Waals surface area contributed by atoms with Crippen LogP contribution in [0, 0.1) is 6.92 Å². The van der Waals surface area contributed by atoms with Crippen molar-refractivity contribution in [3.63, 3.8) is 0 Å². The van der Waals surface area contributed by atoms with Crippen molar-refractivity contribution in [3.8, 4) is 0 Å². The lowest BCUT2D eigenvalue weighted by Crippen LogP contribution is -2.29. The smallest absolute Gasteiger partial charge is 0.249 e. The molecule has 0 saturated carbocycles. The molecule has 0 saturated heterocycles. The van der Waals surface area contributed by atoms with Crippen LogP contribution >= 0.6 is 11.3 Å². The molecule has 2 aromatic heterocycles. The predicted octanol–water partition coefficient (Wildman–Crippen LogP) is 3.36. The molecule has 0 unspecified atom stereocenters. The number of para-hydroxylation sites is 1. The number of nitrogens with zero attached hydrogens (tertiary/aromatic N) is 2. The number of fused-ring (bicyclic) bond motifs is 2. The molecule has 112 valence electrons. The first kappa shape index (κ1) is 13.7. The van der Waals surface area contributed by atoms with Crippen LogP contribution in [-0.2, 0) is 16.4 Å². The maximum atomic E-state index is 12.8. The van der Waals surface area contributed by atoms with Gasteiger partial charge in [0.25, 0.3) is 10.0 Å². The maximum absolute atomic E-state index is 12.8. The summed E-state index contributed by atoms with van der Waals surface area (Å²) in [4.78, 5) is 4.66. The lowest BCUT2D eigenvalue weighted by Gasteiger charge is -2.18. The summed E-state index contributed by atoms with van der Waals surface area (Å²) in [6.07, 6.45) is 0.705. The molecule has 0 amide bonds. The molecule has 1 aliphatic heterocycles. The average Bonchev–Trinajstić information content (AvgIpc) is 3.15. The summed E-state index contributed by atoms with van der Waals surface area (Å²) in [6, 6.07) is 11.5. The van der Waals surface area contributed by atoms with Gasteiger partial charge < -0.3 is 0 Å². The van der Waals surface area contributed by atoms with Crippen molar-refractivity contribution in [3.05, 3.63) is 52.9 Å². The predicted molar refractivity (Wildman–Crippen MR) is 89.0 cm³/mol. The van der Waals surface area contributed by atoms with Gasteiger partial charge in [-0.1, -0.05) is 24.3 Å². The topological polar surface area (TPSA) is 50.3 Å². The highest BCUT2D eigenvalue weighted by molar-refractivity contribution is 7.94. The summed E-state index contributed by atoms with van der Waals surface area (Å²) in [5, 5.41) is 2.84. The summed E-state index contributed by atoms with van der Waals surface area (Å²) in [6.45, 7) is 2.45. The third-order valence-corrected chi connectivity index (χ3v) is 7.13. The van der Waals surface area contributed by atoms with Gasteiger partial charge in [-0.15, -0.1) is 11.3 Å². The molecule has 0 N–H and O–H groups in total. The minimum atomic E-state index is -3.50. The van der Waals surface area contributed by atoms with Crippen LogP contribution in [-0.4, -0.2) is 19.9 Å². The van der Waals surface area contributed by atoms with Gasteiger partial charge in [0.05, 0.1) is 5.52 Å². The van der Waals surface area contributed by atoms with Crippen LogP contribution in [0.25, 0.3) is 10.9 Å². The number of anilines is 1. The molecule has 1 aliphatic rings. The Morgan fingerprint density at radius 1 is 1.23 bits per heavy atom. The van der Waals surface area contributed by atoms with E-state index in [1.54, 1.807) is 17.5 Å². The van der Waals surface area contributed by atoms with Crippen molar-refractivity contribution in [1.29, 1.82) is 0 Å². The number of aryl methyl sites for hydroxylation is 1. The molecule has 3 aromatic rings. The second-order valence-electron chi connectivity index (χ2n) is 5.38. The Morgan fingerprint density at radius 3 is 2.86 bits per heavy atom. The quantitative estimate of drug-likeness (QED) is 0.724. The molecule has 0 bridgehead atoms. The fourth-order valence-corrected chi connectivity index (χ4v) is 5.42. The number of rotatable bonds is 2. The van der Waals surface area contributed by atoms with Crippen molar-refractivity contribution in [2.45, 2.75) is 17.6 Å². The van der Waals surface area contributed by atoms with Crippen LogP contribution in [0.3, 0.4) is 0 Å². The van der Waals surface area contributed by atoms with Gasteiger partial charge in [0, 0.05) is 11.9 Å². The molecular weight excluding hydrogens is 316 g/mol. The van der Waals surface area contributed by atoms with Crippen LogP contribution in [0.4, 0.5) is 5.82 Å². The third kappa shape index (κ3) is 1.94. The Balaban J connectivity index is 1.91. The second-order valence-corrected chi connectivity index (χ2v) is 8.41. The molecular formula is C16H14N2O2S2. The van der Waals surface area contributed by atoms with E-state index in [1.807, 2.05) is 25.1 Å². The maximum Gasteiger partial charge on any atom is 0.275 e. The van der Waals surface area contributed by atoms with Crippen LogP contribution < -0.4 is 4.31 Å². The number of pyridine rings is 1. The molecule has 4 rings (SSSR count). The normalized spacial score (nSPS) is 14.5. The van der Waals surface area contributed by atoms with E-state index >= 15 is 0 Å². The van der Waals surface area contributed by atoms with Gasteiger partial charge in [0.2, 0.25) is 0 Å². The zero-order valence-electron chi connectivity index (χ0n) is 12.0. The zero-order chi connectivity index (χ0) is 15.3. The highest BCUT2D eigenvalue weighted by atomic mass is 32.2. The summed E-state index contributed by atoms with van der Waals surface area (Å²) < 4.78 is 27.4. The van der Waals surface area contributed by atoms with Crippen molar-refractivity contribution in [1.82, 2.24) is 4.98 Å². The van der Waals surface area contributed by atoms with Gasteiger partial charge in [0.1, 0.15) is 10.0 Å². The molecule has 0 fully saturated rings. The minimum absolute atomic E-state index is 0.368. The molecule has 3 heterocycles. The highest BCUT2D eigenvalue weighted by Gasteiger charge is 2.33. The first-order chi connectivity index (χ1) is 10.6. The largest absolute Gasteiger partial charge is 0.275 e. The van der Waals surface area contributed by atoms with Crippen LogP contribution in [0.15, 0.2) is 46.0 Å². The van der Waals surface area contributed by atoms with Crippen molar-refractivity contribution in [2.75, 3.05) is 10.8 Å². The van der Waals surface area contributed by atoms with E-state index in [-0.39, 0.29) is 0 Å². The molecule has 0 spiro atoms. The van der Waals surface area contributed by atoms with Gasteiger partial charge in [-0.3, -0.25) is 0 Å². The van der Waals surface area contributed by atoms with E-state index in [4.69, 9.17) is 0 Å². The highest BCUT2D eigenvalue weighted by Crippen LogP contribution is 2.35. The van der Waals surface area contributed by atoms with Crippen molar-refractivity contribution < 1.29 is 8.42 Å². The molecule has 0 atom stereocenters. The summed E-state index contributed by atoms with van der Waals surface area (Å²) in [5.41, 5.74) is 2.92. The molecule has 6 heteroatoms. The SMILES string of the molecule is Cc1cccc2cc3c(nc12)N(S(=O)(=O)c1cccs1)CC3. The zero-order valence-corrected chi connectivity index (χ0v) is 13.6. The Morgan fingerprint density at radius 2 is 2.09 bits per heavy atom. The Hall–Kier alpha value is -1.92. The average molecular weight is 330 g/mol. The number of hydrogen-bond acceptors (Lipinski definition) is 4. The number of aromatic nitrogens is 1. The summed E-state index contributed by atoms with van der Waals surface area (Å²) in [5.74, 6) is 0.579. The second kappa shape index (κ2) is 4.79.